The van der Waals surface area contributed by atoms with Gasteiger partial charge in [0, 0.05) is 18.7 Å². The molecule has 1 fully saturated rings. The van der Waals surface area contributed by atoms with Gasteiger partial charge in [-0.15, -0.1) is 0 Å². The van der Waals surface area contributed by atoms with Crippen molar-refractivity contribution in [1.82, 2.24) is 0 Å². The predicted molar refractivity (Wildman–Crippen MR) is 76.1 cm³/mol. The second-order valence-electron chi connectivity index (χ2n) is 5.22. The number of nitro groups is 1. The van der Waals surface area contributed by atoms with E-state index in [0.717, 1.165) is 25.3 Å². The highest BCUT2D eigenvalue weighted by Crippen LogP contribution is 2.35. The van der Waals surface area contributed by atoms with Gasteiger partial charge in [0.2, 0.25) is 0 Å². The van der Waals surface area contributed by atoms with Gasteiger partial charge in [-0.2, -0.15) is 0 Å². The maximum absolute atomic E-state index is 14.0. The number of nitro benzene ring substituents is 1. The summed E-state index contributed by atoms with van der Waals surface area (Å²) in [6.45, 7) is 0.106. The highest BCUT2D eigenvalue weighted by atomic mass is 19.1. The van der Waals surface area contributed by atoms with Gasteiger partial charge in [0.25, 0.3) is 0 Å². The number of nitrogens with one attached hydrogen (secondary N) is 1. The van der Waals surface area contributed by atoms with E-state index in [2.05, 4.69) is 5.32 Å². The number of benzene rings is 1. The zero-order valence-electron chi connectivity index (χ0n) is 11.8. The van der Waals surface area contributed by atoms with Crippen LogP contribution in [0.1, 0.15) is 25.7 Å². The summed E-state index contributed by atoms with van der Waals surface area (Å²) in [5, 5.41) is 23.0. The van der Waals surface area contributed by atoms with E-state index in [1.54, 1.807) is 0 Å². The second-order valence-corrected chi connectivity index (χ2v) is 5.22. The first-order valence-corrected chi connectivity index (χ1v) is 6.96. The van der Waals surface area contributed by atoms with Crippen LogP contribution in [0, 0.1) is 21.8 Å². The summed E-state index contributed by atoms with van der Waals surface area (Å²) in [7, 11) is 1.31. The molecular formula is C14H19FN2O4. The number of anilines is 1. The van der Waals surface area contributed by atoms with Crippen molar-refractivity contribution in [2.75, 3.05) is 19.0 Å². The van der Waals surface area contributed by atoms with Gasteiger partial charge in [-0.1, -0.05) is 6.42 Å². The van der Waals surface area contributed by atoms with Gasteiger partial charge in [0.15, 0.2) is 11.6 Å². The minimum atomic E-state index is -0.671. The summed E-state index contributed by atoms with van der Waals surface area (Å²) >= 11 is 0. The lowest BCUT2D eigenvalue weighted by atomic mass is 9.99. The Morgan fingerprint density at radius 1 is 1.52 bits per heavy atom. The van der Waals surface area contributed by atoms with Crippen LogP contribution in [0.4, 0.5) is 15.8 Å². The number of nitrogens with zero attached hydrogens (tertiary/aromatic N) is 1. The fourth-order valence-electron chi connectivity index (χ4n) is 2.90. The van der Waals surface area contributed by atoms with E-state index in [9.17, 15) is 14.5 Å². The number of ether oxygens (including phenoxy) is 1. The molecule has 1 aliphatic rings. The highest BCUT2D eigenvalue weighted by molar-refractivity contribution is 5.59. The summed E-state index contributed by atoms with van der Waals surface area (Å²) in [6.07, 6.45) is 3.57. The third-order valence-electron chi connectivity index (χ3n) is 3.97. The molecule has 1 aliphatic carbocycles. The molecule has 0 radical (unpaired) electrons. The number of hydrogen-bond acceptors (Lipinski definition) is 5. The van der Waals surface area contributed by atoms with Crippen molar-refractivity contribution in [3.63, 3.8) is 0 Å². The van der Waals surface area contributed by atoms with Gasteiger partial charge in [-0.3, -0.25) is 10.1 Å². The van der Waals surface area contributed by atoms with Crippen LogP contribution in [-0.4, -0.2) is 29.8 Å². The molecule has 6 nitrogen and oxygen atoms in total. The summed E-state index contributed by atoms with van der Waals surface area (Å²) in [5.41, 5.74) is -0.189. The molecule has 0 amide bonds. The normalized spacial score (nSPS) is 21.3. The Balaban J connectivity index is 2.22. The first-order chi connectivity index (χ1) is 10.1. The molecule has 0 spiro atoms. The number of aliphatic hydroxyl groups is 1. The topological polar surface area (TPSA) is 84.6 Å². The molecule has 21 heavy (non-hydrogen) atoms. The van der Waals surface area contributed by atoms with Crippen LogP contribution in [0.25, 0.3) is 0 Å². The zero-order chi connectivity index (χ0) is 15.4. The summed E-state index contributed by atoms with van der Waals surface area (Å²) in [6, 6.07) is 2.26. The minimum Gasteiger partial charge on any atom is -0.490 e. The van der Waals surface area contributed by atoms with Crippen molar-refractivity contribution in [2.24, 2.45) is 5.92 Å². The number of rotatable bonds is 6. The molecule has 116 valence electrons. The van der Waals surface area contributed by atoms with Gasteiger partial charge in [0.05, 0.1) is 23.8 Å². The van der Waals surface area contributed by atoms with E-state index < -0.39 is 10.7 Å². The summed E-state index contributed by atoms with van der Waals surface area (Å²) < 4.78 is 19.0. The van der Waals surface area contributed by atoms with Crippen molar-refractivity contribution >= 4 is 11.4 Å². The number of hydrogen-bond donors (Lipinski definition) is 2. The molecular weight excluding hydrogens is 279 g/mol. The largest absolute Gasteiger partial charge is 0.490 e. The summed E-state index contributed by atoms with van der Waals surface area (Å²) in [4.78, 5) is 10.2. The van der Waals surface area contributed by atoms with E-state index in [4.69, 9.17) is 9.84 Å². The summed E-state index contributed by atoms with van der Waals surface area (Å²) in [5.74, 6) is -0.353. The van der Waals surface area contributed by atoms with Gasteiger partial charge in [-0.05, 0) is 25.2 Å². The maximum Gasteiger partial charge on any atom is 0.313 e. The van der Waals surface area contributed by atoms with Gasteiger partial charge in [-0.25, -0.2) is 4.39 Å². The maximum atomic E-state index is 14.0. The smallest absolute Gasteiger partial charge is 0.313 e. The number of halogens is 1. The van der Waals surface area contributed by atoms with Crippen molar-refractivity contribution < 1.29 is 19.2 Å². The lowest BCUT2D eigenvalue weighted by Crippen LogP contribution is -2.25. The molecule has 2 unspecified atom stereocenters. The van der Waals surface area contributed by atoms with Gasteiger partial charge in [0.1, 0.15) is 0 Å². The molecule has 0 aromatic heterocycles. The van der Waals surface area contributed by atoms with Crippen LogP contribution in [0.15, 0.2) is 12.1 Å². The van der Waals surface area contributed by atoms with Crippen LogP contribution in [0.3, 0.4) is 0 Å². The van der Waals surface area contributed by atoms with E-state index in [-0.39, 0.29) is 35.7 Å². The third kappa shape index (κ3) is 3.41. The third-order valence-corrected chi connectivity index (χ3v) is 3.97. The minimum absolute atomic E-state index is 0.0283. The van der Waals surface area contributed by atoms with E-state index in [1.165, 1.54) is 13.2 Å². The number of aliphatic hydroxyl groups excluding tert-OH is 1. The Kier molecular flexibility index (Phi) is 4.95. The van der Waals surface area contributed by atoms with Crippen LogP contribution < -0.4 is 10.1 Å². The molecule has 2 atom stereocenters. The predicted octanol–water partition coefficient (Wildman–Crippen LogP) is 2.71. The molecule has 0 bridgehead atoms. The Hall–Kier alpha value is -1.89. The molecule has 0 heterocycles. The van der Waals surface area contributed by atoms with Gasteiger partial charge >= 0.3 is 5.69 Å². The molecule has 2 N–H and O–H groups in total. The first kappa shape index (κ1) is 15.5. The Labute approximate surface area is 122 Å². The van der Waals surface area contributed by atoms with E-state index in [1.807, 2.05) is 0 Å². The molecule has 7 heteroatoms. The lowest BCUT2D eigenvalue weighted by molar-refractivity contribution is -0.385. The van der Waals surface area contributed by atoms with Crippen molar-refractivity contribution in [1.29, 1.82) is 0 Å². The average Bonchev–Trinajstić information content (AvgIpc) is 2.88. The van der Waals surface area contributed by atoms with Crippen LogP contribution in [0.5, 0.6) is 5.75 Å². The number of methoxy groups -OCH3 is 1. The Morgan fingerprint density at radius 3 is 2.90 bits per heavy atom. The zero-order valence-corrected chi connectivity index (χ0v) is 11.8. The van der Waals surface area contributed by atoms with E-state index in [0.29, 0.717) is 6.42 Å². The molecule has 2 rings (SSSR count). The molecule has 1 aromatic rings. The average molecular weight is 298 g/mol. The molecule has 0 aliphatic heterocycles. The fraction of sp³-hybridized carbons (Fsp3) is 0.571. The lowest BCUT2D eigenvalue weighted by Gasteiger charge is -2.22. The molecule has 1 saturated carbocycles. The van der Waals surface area contributed by atoms with Crippen LogP contribution >= 0.6 is 0 Å². The van der Waals surface area contributed by atoms with Crippen molar-refractivity contribution in [2.45, 2.75) is 31.7 Å². The monoisotopic (exact) mass is 298 g/mol. The molecule has 1 aromatic carbocycles. The quantitative estimate of drug-likeness (QED) is 0.623. The van der Waals surface area contributed by atoms with Crippen LogP contribution in [-0.2, 0) is 0 Å². The van der Waals surface area contributed by atoms with E-state index >= 15 is 0 Å². The Bertz CT molecular complexity index is 524. The second kappa shape index (κ2) is 6.71. The SMILES string of the molecule is COc1cc(NC2CCCC2CCO)c(F)cc1[N+](=O)[O-]. The molecule has 0 saturated heterocycles. The Morgan fingerprint density at radius 2 is 2.29 bits per heavy atom. The van der Waals surface area contributed by atoms with Crippen molar-refractivity contribution in [3.05, 3.63) is 28.1 Å². The standard InChI is InChI=1S/C14H19FN2O4/c1-21-14-8-12(10(15)7-13(14)17(19)20)16-11-4-2-3-9(11)5-6-18/h7-9,11,16,18H,2-6H2,1H3. The van der Waals surface area contributed by atoms with Crippen molar-refractivity contribution in [3.8, 4) is 5.75 Å². The fourth-order valence-corrected chi connectivity index (χ4v) is 2.90. The van der Waals surface area contributed by atoms with Gasteiger partial charge < -0.3 is 15.2 Å². The highest BCUT2D eigenvalue weighted by Gasteiger charge is 2.28. The van der Waals surface area contributed by atoms with Crippen LogP contribution in [0.2, 0.25) is 0 Å². The first-order valence-electron chi connectivity index (χ1n) is 6.96.